The Morgan fingerprint density at radius 1 is 1.45 bits per heavy atom. The number of benzene rings is 1. The van der Waals surface area contributed by atoms with E-state index in [1.165, 1.54) is 7.85 Å². The number of amides is 1. The van der Waals surface area contributed by atoms with Gasteiger partial charge in [-0.05, 0) is 49.6 Å². The fourth-order valence-corrected chi connectivity index (χ4v) is 1.46. The number of ether oxygens (including phenoxy) is 2. The zero-order chi connectivity index (χ0) is 15.0. The van der Waals surface area contributed by atoms with Gasteiger partial charge in [0.1, 0.15) is 6.61 Å². The van der Waals surface area contributed by atoms with Crippen molar-refractivity contribution in [3.05, 3.63) is 47.4 Å². The first-order valence-electron chi connectivity index (χ1n) is 6.34. The van der Waals surface area contributed by atoms with Crippen molar-refractivity contribution in [1.82, 2.24) is 5.32 Å². The second-order valence-electron chi connectivity index (χ2n) is 4.17. The molecule has 20 heavy (non-hydrogen) atoms. The first kappa shape index (κ1) is 15.7. The van der Waals surface area contributed by atoms with Gasteiger partial charge < -0.3 is 9.47 Å². The van der Waals surface area contributed by atoms with Gasteiger partial charge >= 0.3 is 0 Å². The SMILES string of the molecule is BC(=O)NC#Cc1ccc(C)c(COC(=C)OCC)c1. The fourth-order valence-electron chi connectivity index (χ4n) is 1.46. The predicted octanol–water partition coefficient (Wildman–Crippen LogP) is 1.67. The molecule has 1 amide bonds. The molecule has 104 valence electrons. The maximum Gasteiger partial charge on any atom is 0.271 e. The van der Waals surface area contributed by atoms with Crippen molar-refractivity contribution >= 4 is 13.7 Å². The predicted molar refractivity (Wildman–Crippen MR) is 80.7 cm³/mol. The van der Waals surface area contributed by atoms with Crippen LogP contribution in [0.25, 0.3) is 0 Å². The molecular formula is C15H18BNO3. The highest BCUT2D eigenvalue weighted by Gasteiger charge is 2.02. The molecule has 1 rings (SSSR count). The lowest BCUT2D eigenvalue weighted by atomic mass is 10.1. The van der Waals surface area contributed by atoms with Gasteiger partial charge in [-0.15, -0.1) is 0 Å². The summed E-state index contributed by atoms with van der Waals surface area (Å²) in [6, 6.07) is 8.37. The number of nitrogens with one attached hydrogen (secondary N) is 1. The summed E-state index contributed by atoms with van der Waals surface area (Å²) in [6.07, 6.45) is 0. The molecular weight excluding hydrogens is 253 g/mol. The van der Waals surface area contributed by atoms with Crippen LogP contribution in [0.2, 0.25) is 0 Å². The van der Waals surface area contributed by atoms with E-state index in [1.807, 2.05) is 32.0 Å². The van der Waals surface area contributed by atoms with E-state index in [0.29, 0.717) is 19.2 Å². The van der Waals surface area contributed by atoms with Crippen molar-refractivity contribution in [2.24, 2.45) is 0 Å². The second-order valence-corrected chi connectivity index (χ2v) is 4.17. The summed E-state index contributed by atoms with van der Waals surface area (Å²) in [5.41, 5.74) is 2.91. The molecule has 1 N–H and O–H groups in total. The Hall–Kier alpha value is -2.35. The van der Waals surface area contributed by atoms with Crippen LogP contribution in [-0.4, -0.2) is 20.3 Å². The lowest BCUT2D eigenvalue weighted by Crippen LogP contribution is -2.14. The topological polar surface area (TPSA) is 47.6 Å². The molecule has 4 nitrogen and oxygen atoms in total. The van der Waals surface area contributed by atoms with Crippen LogP contribution in [0.15, 0.2) is 30.7 Å². The minimum Gasteiger partial charge on any atom is -0.466 e. The number of hydrogen-bond acceptors (Lipinski definition) is 3. The highest BCUT2D eigenvalue weighted by Crippen LogP contribution is 2.13. The van der Waals surface area contributed by atoms with E-state index in [-0.39, 0.29) is 5.81 Å². The van der Waals surface area contributed by atoms with Crippen molar-refractivity contribution in [2.75, 3.05) is 6.61 Å². The Kier molecular flexibility index (Phi) is 6.25. The smallest absolute Gasteiger partial charge is 0.271 e. The summed E-state index contributed by atoms with van der Waals surface area (Å²) in [5, 5.41) is 2.43. The van der Waals surface area contributed by atoms with Crippen molar-refractivity contribution in [3.63, 3.8) is 0 Å². The maximum absolute atomic E-state index is 10.7. The van der Waals surface area contributed by atoms with Crippen LogP contribution in [-0.2, 0) is 16.1 Å². The molecule has 1 aromatic carbocycles. The number of carbonyl (C=O) groups excluding carboxylic acids is 1. The summed E-state index contributed by atoms with van der Waals surface area (Å²) < 4.78 is 10.5. The van der Waals surface area contributed by atoms with Gasteiger partial charge in [-0.3, -0.25) is 10.1 Å². The monoisotopic (exact) mass is 271 g/mol. The Labute approximate surface area is 120 Å². The van der Waals surface area contributed by atoms with Gasteiger partial charge in [0.2, 0.25) is 7.85 Å². The molecule has 0 spiro atoms. The molecule has 0 aliphatic rings. The molecule has 0 saturated carbocycles. The first-order chi connectivity index (χ1) is 9.52. The van der Waals surface area contributed by atoms with Gasteiger partial charge in [-0.2, -0.15) is 0 Å². The average molecular weight is 271 g/mol. The standard InChI is InChI=1S/C15H18BNO3/c1-4-19-12(3)20-10-14-9-13(6-5-11(14)2)7-8-17-15(16)18/h5-6,9H,3-4,10,16H2,1-2H3,(H,17,18). The number of carbonyl (C=O) groups is 1. The Balaban J connectivity index is 2.72. The highest BCUT2D eigenvalue weighted by molar-refractivity contribution is 6.57. The minimum atomic E-state index is -0.179. The van der Waals surface area contributed by atoms with E-state index < -0.39 is 0 Å². The van der Waals surface area contributed by atoms with Crippen LogP contribution in [0.4, 0.5) is 4.79 Å². The van der Waals surface area contributed by atoms with Crippen molar-refractivity contribution in [2.45, 2.75) is 20.5 Å². The van der Waals surface area contributed by atoms with Gasteiger partial charge in [-0.1, -0.05) is 6.07 Å². The first-order valence-corrected chi connectivity index (χ1v) is 6.34. The van der Waals surface area contributed by atoms with Crippen LogP contribution >= 0.6 is 0 Å². The quantitative estimate of drug-likeness (QED) is 0.383. The Morgan fingerprint density at radius 2 is 2.20 bits per heavy atom. The summed E-state index contributed by atoms with van der Waals surface area (Å²) in [6.45, 7) is 8.43. The summed E-state index contributed by atoms with van der Waals surface area (Å²) >= 11 is 0. The van der Waals surface area contributed by atoms with E-state index in [0.717, 1.165) is 16.7 Å². The summed E-state index contributed by atoms with van der Waals surface area (Å²) in [7, 11) is 1.42. The molecule has 0 unspecified atom stereocenters. The molecule has 0 saturated heterocycles. The van der Waals surface area contributed by atoms with Crippen LogP contribution in [0.3, 0.4) is 0 Å². The van der Waals surface area contributed by atoms with Crippen molar-refractivity contribution in [3.8, 4) is 12.0 Å². The van der Waals surface area contributed by atoms with E-state index in [4.69, 9.17) is 9.47 Å². The molecule has 0 aromatic heterocycles. The van der Waals surface area contributed by atoms with Gasteiger partial charge in [0.15, 0.2) is 5.81 Å². The Morgan fingerprint density at radius 3 is 2.85 bits per heavy atom. The zero-order valence-corrected chi connectivity index (χ0v) is 12.1. The highest BCUT2D eigenvalue weighted by atomic mass is 16.7. The normalized spacial score (nSPS) is 9.10. The lowest BCUT2D eigenvalue weighted by molar-refractivity contribution is 0.0343. The van der Waals surface area contributed by atoms with E-state index >= 15 is 0 Å². The Bertz CT molecular complexity index is 558. The van der Waals surface area contributed by atoms with Crippen LogP contribution < -0.4 is 5.32 Å². The van der Waals surface area contributed by atoms with Gasteiger partial charge in [0, 0.05) is 11.6 Å². The van der Waals surface area contributed by atoms with Gasteiger partial charge in [0.05, 0.1) is 6.61 Å². The molecule has 0 radical (unpaired) electrons. The number of rotatable bonds is 5. The molecule has 0 atom stereocenters. The van der Waals surface area contributed by atoms with E-state index in [9.17, 15) is 4.79 Å². The van der Waals surface area contributed by atoms with E-state index in [1.54, 1.807) is 0 Å². The second kappa shape index (κ2) is 7.95. The van der Waals surface area contributed by atoms with E-state index in [2.05, 4.69) is 23.9 Å². The number of hydrogen-bond donors (Lipinski definition) is 1. The zero-order valence-electron chi connectivity index (χ0n) is 12.1. The molecule has 5 heteroatoms. The molecule has 0 aliphatic heterocycles. The third-order valence-electron chi connectivity index (χ3n) is 2.49. The average Bonchev–Trinajstić information content (AvgIpc) is 2.39. The molecule has 0 heterocycles. The third kappa shape index (κ3) is 5.53. The molecule has 0 bridgehead atoms. The molecule has 1 aromatic rings. The third-order valence-corrected chi connectivity index (χ3v) is 2.49. The number of aryl methyl sites for hydroxylation is 1. The minimum absolute atomic E-state index is 0.179. The lowest BCUT2D eigenvalue weighted by Gasteiger charge is -2.11. The molecule has 0 aliphatic carbocycles. The van der Waals surface area contributed by atoms with Crippen molar-refractivity contribution in [1.29, 1.82) is 0 Å². The van der Waals surface area contributed by atoms with Crippen LogP contribution in [0.1, 0.15) is 23.6 Å². The summed E-state index contributed by atoms with van der Waals surface area (Å²) in [4.78, 5) is 10.7. The maximum atomic E-state index is 10.7. The van der Waals surface area contributed by atoms with Crippen molar-refractivity contribution < 1.29 is 14.3 Å². The largest absolute Gasteiger partial charge is 0.466 e. The van der Waals surface area contributed by atoms with Crippen LogP contribution in [0.5, 0.6) is 0 Å². The van der Waals surface area contributed by atoms with Gasteiger partial charge in [0.25, 0.3) is 5.95 Å². The molecule has 0 fully saturated rings. The van der Waals surface area contributed by atoms with Gasteiger partial charge in [-0.25, -0.2) is 0 Å². The summed E-state index contributed by atoms with van der Waals surface area (Å²) in [5.74, 6) is 2.99. The van der Waals surface area contributed by atoms with Crippen LogP contribution in [0, 0.1) is 18.9 Å². The fraction of sp³-hybridized carbons (Fsp3) is 0.267.